The highest BCUT2D eigenvalue weighted by molar-refractivity contribution is 7.93. The Morgan fingerprint density at radius 1 is 1.08 bits per heavy atom. The predicted octanol–water partition coefficient (Wildman–Crippen LogP) is 4.28. The van der Waals surface area contributed by atoms with Gasteiger partial charge in [-0.05, 0) is 62.2 Å². The highest BCUT2D eigenvalue weighted by Crippen LogP contribution is 2.33. The van der Waals surface area contributed by atoms with Crippen molar-refractivity contribution in [2.24, 2.45) is 0 Å². The van der Waals surface area contributed by atoms with E-state index in [0.717, 1.165) is 15.4 Å². The topological polar surface area (TPSA) is 74.7 Å². The van der Waals surface area contributed by atoms with Crippen molar-refractivity contribution in [2.45, 2.75) is 31.7 Å². The van der Waals surface area contributed by atoms with Gasteiger partial charge in [0.2, 0.25) is 0 Å². The molecule has 134 valence electrons. The number of hydrogen-bond acceptors (Lipinski definition) is 3. The fraction of sp³-hybridized carbons (Fsp3) is 0.235. The van der Waals surface area contributed by atoms with Gasteiger partial charge < -0.3 is 5.11 Å². The Morgan fingerprint density at radius 3 is 2.16 bits per heavy atom. The van der Waals surface area contributed by atoms with Gasteiger partial charge in [-0.2, -0.15) is 0 Å². The second kappa shape index (κ2) is 7.23. The van der Waals surface area contributed by atoms with Crippen molar-refractivity contribution in [3.05, 3.63) is 57.6 Å². The van der Waals surface area contributed by atoms with E-state index in [4.69, 9.17) is 23.2 Å². The third kappa shape index (κ3) is 4.08. The number of carboxylic acids is 1. The van der Waals surface area contributed by atoms with Gasteiger partial charge in [0.25, 0.3) is 10.0 Å². The lowest BCUT2D eigenvalue weighted by atomic mass is 10.1. The molecule has 0 aliphatic carbocycles. The minimum atomic E-state index is -4.25. The van der Waals surface area contributed by atoms with Crippen molar-refractivity contribution < 1.29 is 18.3 Å². The summed E-state index contributed by atoms with van der Waals surface area (Å²) in [4.78, 5) is 11.3. The molecule has 2 aromatic rings. The molecule has 25 heavy (non-hydrogen) atoms. The summed E-state index contributed by atoms with van der Waals surface area (Å²) in [5.41, 5.74) is 1.87. The first kappa shape index (κ1) is 19.6. The zero-order valence-electron chi connectivity index (χ0n) is 13.8. The number of rotatable bonds is 5. The van der Waals surface area contributed by atoms with Gasteiger partial charge in [-0.3, -0.25) is 4.31 Å². The fourth-order valence-corrected chi connectivity index (χ4v) is 4.87. The molecule has 1 unspecified atom stereocenters. The van der Waals surface area contributed by atoms with Crippen LogP contribution in [-0.4, -0.2) is 25.5 Å². The second-order valence-corrected chi connectivity index (χ2v) is 8.36. The van der Waals surface area contributed by atoms with Crippen molar-refractivity contribution in [1.82, 2.24) is 0 Å². The van der Waals surface area contributed by atoms with Crippen LogP contribution in [0, 0.1) is 13.8 Å². The normalized spacial score (nSPS) is 12.7. The summed E-state index contributed by atoms with van der Waals surface area (Å²) < 4.78 is 27.2. The molecule has 0 bridgehead atoms. The van der Waals surface area contributed by atoms with E-state index >= 15 is 0 Å². The lowest BCUT2D eigenvalue weighted by molar-refractivity contribution is -0.137. The quantitative estimate of drug-likeness (QED) is 0.810. The lowest BCUT2D eigenvalue weighted by Gasteiger charge is -2.29. The second-order valence-electron chi connectivity index (χ2n) is 5.74. The first-order chi connectivity index (χ1) is 11.5. The molecule has 1 N–H and O–H groups in total. The van der Waals surface area contributed by atoms with Crippen LogP contribution < -0.4 is 4.31 Å². The molecular weight excluding hydrogens is 385 g/mol. The molecule has 0 aliphatic heterocycles. The van der Waals surface area contributed by atoms with Gasteiger partial charge in [-0.15, -0.1) is 0 Å². The third-order valence-electron chi connectivity index (χ3n) is 3.60. The lowest BCUT2D eigenvalue weighted by Crippen LogP contribution is -2.43. The van der Waals surface area contributed by atoms with E-state index in [9.17, 15) is 18.3 Å². The van der Waals surface area contributed by atoms with Crippen molar-refractivity contribution in [1.29, 1.82) is 0 Å². The number of halogens is 2. The number of hydrogen-bond donors (Lipinski definition) is 1. The monoisotopic (exact) mass is 401 g/mol. The Labute approximate surface area is 156 Å². The molecule has 2 aromatic carbocycles. The maximum absolute atomic E-state index is 13.2. The number of sulfonamides is 1. The van der Waals surface area contributed by atoms with Crippen LogP contribution in [0.25, 0.3) is 0 Å². The molecule has 0 saturated heterocycles. The van der Waals surface area contributed by atoms with E-state index in [1.807, 2.05) is 6.07 Å². The minimum Gasteiger partial charge on any atom is -0.480 e. The zero-order valence-corrected chi connectivity index (χ0v) is 16.2. The molecule has 0 saturated carbocycles. The first-order valence-electron chi connectivity index (χ1n) is 7.34. The maximum atomic E-state index is 13.2. The van der Waals surface area contributed by atoms with E-state index in [0.29, 0.717) is 0 Å². The molecule has 0 spiro atoms. The standard InChI is InChI=1S/C17H17Cl2NO4S/c1-10-6-11(2)8-14(7-10)20(12(3)17(21)22)25(23,24)16-9-13(18)4-5-15(16)19/h4-9,12H,1-3H3,(H,21,22). The number of carboxylic acid groups (broad SMARTS) is 1. The van der Waals surface area contributed by atoms with Crippen LogP contribution in [0.3, 0.4) is 0 Å². The van der Waals surface area contributed by atoms with E-state index < -0.39 is 22.0 Å². The van der Waals surface area contributed by atoms with Crippen molar-refractivity contribution in [2.75, 3.05) is 4.31 Å². The molecular formula is C17H17Cl2NO4S. The summed E-state index contributed by atoms with van der Waals surface area (Å²) in [5, 5.41) is 9.58. The van der Waals surface area contributed by atoms with Crippen LogP contribution in [0.1, 0.15) is 18.1 Å². The number of benzene rings is 2. The molecule has 0 amide bonds. The number of anilines is 1. The number of aliphatic carboxylic acids is 1. The molecule has 1 atom stereocenters. The van der Waals surface area contributed by atoms with Gasteiger partial charge in [0, 0.05) is 5.02 Å². The number of aryl methyl sites for hydroxylation is 2. The van der Waals surface area contributed by atoms with E-state index in [-0.39, 0.29) is 20.6 Å². The van der Waals surface area contributed by atoms with Crippen LogP contribution in [-0.2, 0) is 14.8 Å². The highest BCUT2D eigenvalue weighted by atomic mass is 35.5. The first-order valence-corrected chi connectivity index (χ1v) is 9.54. The Kier molecular flexibility index (Phi) is 5.66. The molecule has 0 radical (unpaired) electrons. The number of nitrogens with zero attached hydrogens (tertiary/aromatic N) is 1. The van der Waals surface area contributed by atoms with Crippen LogP contribution in [0.4, 0.5) is 5.69 Å². The smallest absolute Gasteiger partial charge is 0.327 e. The molecule has 2 rings (SSSR count). The summed E-state index contributed by atoms with van der Waals surface area (Å²) in [7, 11) is -4.25. The van der Waals surface area contributed by atoms with Gasteiger partial charge in [0.1, 0.15) is 10.9 Å². The predicted molar refractivity (Wildman–Crippen MR) is 99.1 cm³/mol. The van der Waals surface area contributed by atoms with Crippen molar-refractivity contribution in [3.8, 4) is 0 Å². The molecule has 5 nitrogen and oxygen atoms in total. The van der Waals surface area contributed by atoms with Crippen molar-refractivity contribution in [3.63, 3.8) is 0 Å². The Hall–Kier alpha value is -1.76. The van der Waals surface area contributed by atoms with Gasteiger partial charge in [0.05, 0.1) is 10.7 Å². The average Bonchev–Trinajstić information content (AvgIpc) is 2.48. The molecule has 0 aliphatic rings. The molecule has 0 heterocycles. The maximum Gasteiger partial charge on any atom is 0.327 e. The van der Waals surface area contributed by atoms with Crippen LogP contribution in [0.15, 0.2) is 41.3 Å². The summed E-state index contributed by atoms with van der Waals surface area (Å²) in [5.74, 6) is -1.28. The van der Waals surface area contributed by atoms with Gasteiger partial charge in [0.15, 0.2) is 0 Å². The highest BCUT2D eigenvalue weighted by Gasteiger charge is 2.35. The fourth-order valence-electron chi connectivity index (χ4n) is 2.53. The average molecular weight is 402 g/mol. The van der Waals surface area contributed by atoms with Gasteiger partial charge in [-0.1, -0.05) is 29.3 Å². The molecule has 0 fully saturated rings. The Balaban J connectivity index is 2.74. The van der Waals surface area contributed by atoms with Gasteiger partial charge >= 0.3 is 5.97 Å². The van der Waals surface area contributed by atoms with Crippen LogP contribution >= 0.6 is 23.2 Å². The zero-order chi connectivity index (χ0) is 18.9. The van der Waals surface area contributed by atoms with E-state index in [1.54, 1.807) is 26.0 Å². The van der Waals surface area contributed by atoms with Gasteiger partial charge in [-0.25, -0.2) is 13.2 Å². The van der Waals surface area contributed by atoms with Crippen molar-refractivity contribution >= 4 is 44.9 Å². The minimum absolute atomic E-state index is 0.0311. The largest absolute Gasteiger partial charge is 0.480 e. The van der Waals surface area contributed by atoms with Crippen LogP contribution in [0.5, 0.6) is 0 Å². The summed E-state index contributed by atoms with van der Waals surface area (Å²) in [6.07, 6.45) is 0. The molecule has 8 heteroatoms. The van der Waals surface area contributed by atoms with E-state index in [2.05, 4.69) is 0 Å². The summed E-state index contributed by atoms with van der Waals surface area (Å²) in [6.45, 7) is 4.91. The summed E-state index contributed by atoms with van der Waals surface area (Å²) >= 11 is 12.0. The summed E-state index contributed by atoms with van der Waals surface area (Å²) in [6, 6.07) is 7.80. The van der Waals surface area contributed by atoms with Crippen LogP contribution in [0.2, 0.25) is 10.0 Å². The van der Waals surface area contributed by atoms with E-state index in [1.165, 1.54) is 25.1 Å². The third-order valence-corrected chi connectivity index (χ3v) is 6.22. The Morgan fingerprint density at radius 2 is 1.64 bits per heavy atom. The molecule has 0 aromatic heterocycles. The Bertz CT molecular complexity index is 908. The SMILES string of the molecule is Cc1cc(C)cc(N(C(C)C(=O)O)S(=O)(=O)c2cc(Cl)ccc2Cl)c1. The number of carbonyl (C=O) groups is 1.